The Hall–Kier alpha value is -1.59. The molecular formula is C14H20N4O. The summed E-state index contributed by atoms with van der Waals surface area (Å²) in [5.74, 6) is 0. The van der Waals surface area contributed by atoms with E-state index in [4.69, 9.17) is 0 Å². The van der Waals surface area contributed by atoms with Crippen LogP contribution in [-0.4, -0.2) is 41.0 Å². The smallest absolute Gasteiger partial charge is 0.313 e. The summed E-state index contributed by atoms with van der Waals surface area (Å²) in [4.78, 5) is 19.1. The van der Waals surface area contributed by atoms with Gasteiger partial charge in [0.25, 0.3) is 0 Å². The highest BCUT2D eigenvalue weighted by Gasteiger charge is 2.15. The van der Waals surface area contributed by atoms with Crippen molar-refractivity contribution >= 4 is 11.0 Å². The van der Waals surface area contributed by atoms with Gasteiger partial charge < -0.3 is 20.2 Å². The Balaban J connectivity index is 1.67. The molecule has 1 atom stereocenters. The van der Waals surface area contributed by atoms with E-state index in [2.05, 4.69) is 33.3 Å². The fourth-order valence-electron chi connectivity index (χ4n) is 2.84. The molecule has 102 valence electrons. The second kappa shape index (κ2) is 5.19. The van der Waals surface area contributed by atoms with Crippen LogP contribution in [0.3, 0.4) is 0 Å². The highest BCUT2D eigenvalue weighted by Crippen LogP contribution is 2.13. The molecule has 1 aromatic carbocycles. The monoisotopic (exact) mass is 260 g/mol. The first-order valence-electron chi connectivity index (χ1n) is 6.83. The summed E-state index contributed by atoms with van der Waals surface area (Å²) < 4.78 is 0. The van der Waals surface area contributed by atoms with E-state index in [0.29, 0.717) is 6.04 Å². The molecule has 0 amide bonds. The van der Waals surface area contributed by atoms with Crippen LogP contribution in [0.15, 0.2) is 23.0 Å². The van der Waals surface area contributed by atoms with Crippen molar-refractivity contribution in [1.82, 2.24) is 20.2 Å². The van der Waals surface area contributed by atoms with E-state index in [0.717, 1.165) is 30.7 Å². The molecule has 2 heterocycles. The van der Waals surface area contributed by atoms with Crippen molar-refractivity contribution in [2.45, 2.75) is 25.4 Å². The van der Waals surface area contributed by atoms with Crippen molar-refractivity contribution < 1.29 is 0 Å². The number of nitrogens with one attached hydrogen (secondary N) is 3. The molecule has 0 aliphatic carbocycles. The molecule has 0 bridgehead atoms. The summed E-state index contributed by atoms with van der Waals surface area (Å²) in [6.07, 6.45) is 2.56. The summed E-state index contributed by atoms with van der Waals surface area (Å²) >= 11 is 0. The van der Waals surface area contributed by atoms with Crippen molar-refractivity contribution in [2.24, 2.45) is 0 Å². The van der Waals surface area contributed by atoms with E-state index in [1.54, 1.807) is 0 Å². The first kappa shape index (κ1) is 12.4. The molecule has 2 aromatic rings. The fourth-order valence-corrected chi connectivity index (χ4v) is 2.84. The standard InChI is InChI=1S/C14H20N4O/c1-18(9-11-3-2-6-15-11)8-10-4-5-12-13(7-10)17-14(19)16-12/h4-5,7,11,15H,2-3,6,8-9H2,1H3,(H2,16,17,19). The lowest BCUT2D eigenvalue weighted by Crippen LogP contribution is -2.34. The average molecular weight is 260 g/mol. The second-order valence-corrected chi connectivity index (χ2v) is 5.45. The summed E-state index contributed by atoms with van der Waals surface area (Å²) in [7, 11) is 2.14. The zero-order valence-corrected chi connectivity index (χ0v) is 11.2. The van der Waals surface area contributed by atoms with Gasteiger partial charge in [0.05, 0.1) is 11.0 Å². The number of H-pyrrole nitrogens is 2. The Labute approximate surface area is 112 Å². The van der Waals surface area contributed by atoms with Crippen molar-refractivity contribution in [1.29, 1.82) is 0 Å². The predicted molar refractivity (Wildman–Crippen MR) is 76.3 cm³/mol. The lowest BCUT2D eigenvalue weighted by atomic mass is 10.1. The predicted octanol–water partition coefficient (Wildman–Crippen LogP) is 1.04. The van der Waals surface area contributed by atoms with Crippen molar-refractivity contribution in [3.63, 3.8) is 0 Å². The van der Waals surface area contributed by atoms with Gasteiger partial charge in [-0.1, -0.05) is 6.07 Å². The SMILES string of the molecule is CN(Cc1ccc2[nH]c(=O)[nH]c2c1)CC1CCCN1. The van der Waals surface area contributed by atoms with Crippen LogP contribution < -0.4 is 11.0 Å². The zero-order chi connectivity index (χ0) is 13.2. The Morgan fingerprint density at radius 1 is 1.32 bits per heavy atom. The van der Waals surface area contributed by atoms with Crippen LogP contribution in [0.4, 0.5) is 0 Å². The van der Waals surface area contributed by atoms with Gasteiger partial charge in [-0.15, -0.1) is 0 Å². The minimum absolute atomic E-state index is 0.143. The van der Waals surface area contributed by atoms with Crippen molar-refractivity contribution in [2.75, 3.05) is 20.1 Å². The zero-order valence-electron chi connectivity index (χ0n) is 11.2. The number of nitrogens with zero attached hydrogens (tertiary/aromatic N) is 1. The number of likely N-dealkylation sites (N-methyl/N-ethyl adjacent to an activating group) is 1. The number of imidazole rings is 1. The van der Waals surface area contributed by atoms with Crippen molar-refractivity contribution in [3.8, 4) is 0 Å². The van der Waals surface area contributed by atoms with Crippen LogP contribution in [0, 0.1) is 0 Å². The summed E-state index contributed by atoms with van der Waals surface area (Å²) in [5, 5.41) is 3.51. The molecule has 1 aliphatic heterocycles. The summed E-state index contributed by atoms with van der Waals surface area (Å²) in [6.45, 7) is 3.12. The molecule has 1 saturated heterocycles. The second-order valence-electron chi connectivity index (χ2n) is 5.45. The quantitative estimate of drug-likeness (QED) is 0.769. The van der Waals surface area contributed by atoms with Crippen LogP contribution >= 0.6 is 0 Å². The Bertz CT molecular complexity index is 609. The molecule has 5 heteroatoms. The van der Waals surface area contributed by atoms with E-state index in [-0.39, 0.29) is 5.69 Å². The molecule has 3 rings (SSSR count). The summed E-state index contributed by atoms with van der Waals surface area (Å²) in [6, 6.07) is 6.71. The molecule has 1 aliphatic rings. The van der Waals surface area contributed by atoms with Gasteiger partial charge in [0, 0.05) is 19.1 Å². The third-order valence-corrected chi connectivity index (χ3v) is 3.73. The fraction of sp³-hybridized carbons (Fsp3) is 0.500. The Morgan fingerprint density at radius 2 is 2.16 bits per heavy atom. The molecule has 0 radical (unpaired) electrons. The van der Waals surface area contributed by atoms with E-state index in [1.807, 2.05) is 12.1 Å². The van der Waals surface area contributed by atoms with E-state index < -0.39 is 0 Å². The summed E-state index contributed by atoms with van der Waals surface area (Å²) in [5.41, 5.74) is 2.84. The lowest BCUT2D eigenvalue weighted by molar-refractivity contribution is 0.293. The third-order valence-electron chi connectivity index (χ3n) is 3.73. The Morgan fingerprint density at radius 3 is 2.95 bits per heavy atom. The van der Waals surface area contributed by atoms with Gasteiger partial charge in [-0.05, 0) is 44.1 Å². The maximum Gasteiger partial charge on any atom is 0.323 e. The molecule has 5 nitrogen and oxygen atoms in total. The average Bonchev–Trinajstić information content (AvgIpc) is 2.96. The Kier molecular flexibility index (Phi) is 3.40. The first-order chi connectivity index (χ1) is 9.20. The normalized spacial score (nSPS) is 19.6. The third kappa shape index (κ3) is 2.88. The number of aromatic nitrogens is 2. The molecule has 0 spiro atoms. The maximum absolute atomic E-state index is 11.2. The van der Waals surface area contributed by atoms with Gasteiger partial charge in [-0.25, -0.2) is 4.79 Å². The molecule has 0 saturated carbocycles. The van der Waals surface area contributed by atoms with E-state index in [1.165, 1.54) is 18.4 Å². The van der Waals surface area contributed by atoms with Crippen LogP contribution in [0.5, 0.6) is 0 Å². The number of aromatic amines is 2. The highest BCUT2D eigenvalue weighted by atomic mass is 16.1. The van der Waals surface area contributed by atoms with Crippen LogP contribution in [-0.2, 0) is 6.54 Å². The van der Waals surface area contributed by atoms with Gasteiger partial charge >= 0.3 is 5.69 Å². The number of hydrogen-bond donors (Lipinski definition) is 3. The van der Waals surface area contributed by atoms with Gasteiger partial charge in [-0.3, -0.25) is 0 Å². The van der Waals surface area contributed by atoms with Crippen LogP contribution in [0.2, 0.25) is 0 Å². The first-order valence-corrected chi connectivity index (χ1v) is 6.83. The van der Waals surface area contributed by atoms with E-state index >= 15 is 0 Å². The number of hydrogen-bond acceptors (Lipinski definition) is 3. The maximum atomic E-state index is 11.2. The molecule has 3 N–H and O–H groups in total. The van der Waals surface area contributed by atoms with Gasteiger partial charge in [0.2, 0.25) is 0 Å². The molecular weight excluding hydrogens is 240 g/mol. The topological polar surface area (TPSA) is 63.9 Å². The number of fused-ring (bicyclic) bond motifs is 1. The minimum Gasteiger partial charge on any atom is -0.313 e. The van der Waals surface area contributed by atoms with Gasteiger partial charge in [0.15, 0.2) is 0 Å². The largest absolute Gasteiger partial charge is 0.323 e. The molecule has 1 unspecified atom stereocenters. The van der Waals surface area contributed by atoms with Crippen LogP contribution in [0.1, 0.15) is 18.4 Å². The minimum atomic E-state index is -0.143. The highest BCUT2D eigenvalue weighted by molar-refractivity contribution is 5.74. The molecule has 1 fully saturated rings. The number of rotatable bonds is 4. The molecule has 19 heavy (non-hydrogen) atoms. The van der Waals surface area contributed by atoms with Crippen molar-refractivity contribution in [3.05, 3.63) is 34.2 Å². The van der Waals surface area contributed by atoms with E-state index in [9.17, 15) is 4.79 Å². The van der Waals surface area contributed by atoms with Gasteiger partial charge in [0.1, 0.15) is 0 Å². The van der Waals surface area contributed by atoms with Gasteiger partial charge in [-0.2, -0.15) is 0 Å². The van der Waals surface area contributed by atoms with Crippen LogP contribution in [0.25, 0.3) is 11.0 Å². The number of benzene rings is 1. The lowest BCUT2D eigenvalue weighted by Gasteiger charge is -2.21. The molecule has 1 aromatic heterocycles.